The molecule has 22 heavy (non-hydrogen) atoms. The molecule has 1 saturated heterocycles. The number of benzene rings is 1. The van der Waals surface area contributed by atoms with Crippen molar-refractivity contribution < 1.29 is 9.59 Å². The van der Waals surface area contributed by atoms with Crippen LogP contribution in [-0.2, 0) is 15.0 Å². The molecule has 1 atom stereocenters. The predicted molar refractivity (Wildman–Crippen MR) is 85.5 cm³/mol. The molecular weight excluding hydrogens is 276 g/mol. The molecule has 1 aliphatic heterocycles. The van der Waals surface area contributed by atoms with Gasteiger partial charge in [-0.2, -0.15) is 0 Å². The number of hydrogen-bond acceptors (Lipinski definition) is 2. The van der Waals surface area contributed by atoms with Crippen molar-refractivity contribution in [2.24, 2.45) is 0 Å². The molecule has 0 aromatic heterocycles. The molecule has 2 aliphatic rings. The van der Waals surface area contributed by atoms with Crippen molar-refractivity contribution >= 4 is 11.8 Å². The molecule has 4 nitrogen and oxygen atoms in total. The zero-order chi connectivity index (χ0) is 15.6. The van der Waals surface area contributed by atoms with Crippen molar-refractivity contribution in [1.29, 1.82) is 0 Å². The molecule has 1 heterocycles. The van der Waals surface area contributed by atoms with E-state index in [1.165, 1.54) is 24.0 Å². The summed E-state index contributed by atoms with van der Waals surface area (Å²) < 4.78 is 0. The molecule has 4 heteroatoms. The van der Waals surface area contributed by atoms with Crippen molar-refractivity contribution in [3.8, 4) is 0 Å². The SMILES string of the molecule is Cc1cccc(C2(CNC(=O)[C@H]3CCC(=O)N3)CCCC2)c1. The second-order valence-electron chi connectivity index (χ2n) is 6.73. The van der Waals surface area contributed by atoms with Crippen molar-refractivity contribution in [1.82, 2.24) is 10.6 Å². The summed E-state index contributed by atoms with van der Waals surface area (Å²) in [6, 6.07) is 8.29. The summed E-state index contributed by atoms with van der Waals surface area (Å²) in [7, 11) is 0. The van der Waals surface area contributed by atoms with Gasteiger partial charge in [0, 0.05) is 18.4 Å². The zero-order valence-corrected chi connectivity index (χ0v) is 13.2. The molecule has 0 radical (unpaired) electrons. The Balaban J connectivity index is 1.70. The molecule has 1 saturated carbocycles. The molecule has 2 amide bonds. The van der Waals surface area contributed by atoms with E-state index >= 15 is 0 Å². The molecule has 2 fully saturated rings. The lowest BCUT2D eigenvalue weighted by Crippen LogP contribution is -2.46. The van der Waals surface area contributed by atoms with Crippen LogP contribution in [0.5, 0.6) is 0 Å². The molecule has 2 N–H and O–H groups in total. The van der Waals surface area contributed by atoms with Gasteiger partial charge in [-0.15, -0.1) is 0 Å². The molecule has 3 rings (SSSR count). The van der Waals surface area contributed by atoms with Gasteiger partial charge in [0.25, 0.3) is 0 Å². The monoisotopic (exact) mass is 300 g/mol. The van der Waals surface area contributed by atoms with Gasteiger partial charge in [-0.25, -0.2) is 0 Å². The fourth-order valence-corrected chi connectivity index (χ4v) is 3.78. The van der Waals surface area contributed by atoms with Crippen LogP contribution in [0.3, 0.4) is 0 Å². The third kappa shape index (κ3) is 3.01. The minimum atomic E-state index is -0.344. The number of rotatable bonds is 4. The highest BCUT2D eigenvalue weighted by Gasteiger charge is 2.37. The van der Waals surface area contributed by atoms with E-state index in [1.54, 1.807) is 0 Å². The number of amides is 2. The third-order valence-corrected chi connectivity index (χ3v) is 5.10. The summed E-state index contributed by atoms with van der Waals surface area (Å²) >= 11 is 0. The van der Waals surface area contributed by atoms with E-state index in [0.717, 1.165) is 12.8 Å². The van der Waals surface area contributed by atoms with Crippen LogP contribution < -0.4 is 10.6 Å². The average Bonchev–Trinajstić information content (AvgIpc) is 3.15. The van der Waals surface area contributed by atoms with Crippen LogP contribution in [0.25, 0.3) is 0 Å². The molecule has 118 valence electrons. The largest absolute Gasteiger partial charge is 0.353 e. The van der Waals surface area contributed by atoms with E-state index < -0.39 is 0 Å². The minimum absolute atomic E-state index is 0.0191. The molecule has 0 bridgehead atoms. The van der Waals surface area contributed by atoms with Gasteiger partial charge in [-0.1, -0.05) is 42.7 Å². The average molecular weight is 300 g/mol. The van der Waals surface area contributed by atoms with Crippen molar-refractivity contribution in [2.75, 3.05) is 6.54 Å². The Morgan fingerprint density at radius 3 is 2.77 bits per heavy atom. The molecule has 0 unspecified atom stereocenters. The highest BCUT2D eigenvalue weighted by Crippen LogP contribution is 2.40. The van der Waals surface area contributed by atoms with Gasteiger partial charge in [-0.05, 0) is 31.7 Å². The quantitative estimate of drug-likeness (QED) is 0.895. The second kappa shape index (κ2) is 6.11. The summed E-state index contributed by atoms with van der Waals surface area (Å²) in [5, 5.41) is 5.83. The lowest BCUT2D eigenvalue weighted by Gasteiger charge is -2.31. The molecular formula is C18H24N2O2. The van der Waals surface area contributed by atoms with E-state index in [0.29, 0.717) is 19.4 Å². The van der Waals surface area contributed by atoms with Crippen LogP contribution in [0.15, 0.2) is 24.3 Å². The highest BCUT2D eigenvalue weighted by atomic mass is 16.2. The topological polar surface area (TPSA) is 58.2 Å². The Labute approximate surface area is 131 Å². The van der Waals surface area contributed by atoms with E-state index in [-0.39, 0.29) is 23.3 Å². The van der Waals surface area contributed by atoms with Gasteiger partial charge < -0.3 is 10.6 Å². The van der Waals surface area contributed by atoms with Gasteiger partial charge in [0.15, 0.2) is 0 Å². The first kappa shape index (κ1) is 15.1. The highest BCUT2D eigenvalue weighted by molar-refractivity contribution is 5.90. The Morgan fingerprint density at radius 1 is 1.36 bits per heavy atom. The maximum absolute atomic E-state index is 12.3. The van der Waals surface area contributed by atoms with Crippen molar-refractivity contribution in [2.45, 2.75) is 56.9 Å². The summed E-state index contributed by atoms with van der Waals surface area (Å²) in [4.78, 5) is 23.5. The third-order valence-electron chi connectivity index (χ3n) is 5.10. The Kier molecular flexibility index (Phi) is 4.19. The van der Waals surface area contributed by atoms with Crippen LogP contribution in [-0.4, -0.2) is 24.4 Å². The lowest BCUT2D eigenvalue weighted by molar-refractivity contribution is -0.125. The zero-order valence-electron chi connectivity index (χ0n) is 13.2. The summed E-state index contributed by atoms with van der Waals surface area (Å²) in [6.45, 7) is 2.78. The summed E-state index contributed by atoms with van der Waals surface area (Å²) in [5.41, 5.74) is 2.66. The normalized spacial score (nSPS) is 23.3. The second-order valence-corrected chi connectivity index (χ2v) is 6.73. The van der Waals surface area contributed by atoms with Crippen LogP contribution in [0, 0.1) is 6.92 Å². The maximum Gasteiger partial charge on any atom is 0.242 e. The van der Waals surface area contributed by atoms with Gasteiger partial charge in [0.2, 0.25) is 11.8 Å². The van der Waals surface area contributed by atoms with Gasteiger partial charge in [0.05, 0.1) is 0 Å². The van der Waals surface area contributed by atoms with E-state index in [9.17, 15) is 9.59 Å². The van der Waals surface area contributed by atoms with Gasteiger partial charge in [-0.3, -0.25) is 9.59 Å². The van der Waals surface area contributed by atoms with E-state index in [1.807, 2.05) is 0 Å². The number of carbonyl (C=O) groups excluding carboxylic acids is 2. The molecule has 0 spiro atoms. The molecule has 1 aliphatic carbocycles. The smallest absolute Gasteiger partial charge is 0.242 e. The first-order valence-corrected chi connectivity index (χ1v) is 8.23. The first-order valence-electron chi connectivity index (χ1n) is 8.23. The van der Waals surface area contributed by atoms with Gasteiger partial charge in [0.1, 0.15) is 6.04 Å². The molecule has 1 aromatic carbocycles. The van der Waals surface area contributed by atoms with Crippen molar-refractivity contribution in [3.05, 3.63) is 35.4 Å². The lowest BCUT2D eigenvalue weighted by atomic mass is 9.78. The van der Waals surface area contributed by atoms with E-state index in [4.69, 9.17) is 0 Å². The fourth-order valence-electron chi connectivity index (χ4n) is 3.78. The first-order chi connectivity index (χ1) is 10.6. The van der Waals surface area contributed by atoms with Gasteiger partial charge >= 0.3 is 0 Å². The Bertz CT molecular complexity index is 576. The predicted octanol–water partition coefficient (Wildman–Crippen LogP) is 2.20. The maximum atomic E-state index is 12.3. The molecule has 1 aromatic rings. The number of carbonyl (C=O) groups is 2. The summed E-state index contributed by atoms with van der Waals surface area (Å²) in [6.07, 6.45) is 5.73. The van der Waals surface area contributed by atoms with Crippen LogP contribution in [0.1, 0.15) is 49.7 Å². The summed E-state index contributed by atoms with van der Waals surface area (Å²) in [5.74, 6) is -0.0563. The van der Waals surface area contributed by atoms with Crippen LogP contribution >= 0.6 is 0 Å². The number of hydrogen-bond donors (Lipinski definition) is 2. The Morgan fingerprint density at radius 2 is 2.14 bits per heavy atom. The fraction of sp³-hybridized carbons (Fsp3) is 0.556. The van der Waals surface area contributed by atoms with Crippen LogP contribution in [0.4, 0.5) is 0 Å². The van der Waals surface area contributed by atoms with E-state index in [2.05, 4.69) is 41.8 Å². The number of aryl methyl sites for hydroxylation is 1. The minimum Gasteiger partial charge on any atom is -0.353 e. The Hall–Kier alpha value is -1.84. The standard InChI is InChI=1S/C18H24N2O2/c1-13-5-4-6-14(11-13)18(9-2-3-10-18)12-19-17(22)15-7-8-16(21)20-15/h4-6,11,15H,2-3,7-10,12H2,1H3,(H,19,22)(H,20,21)/t15-/m1/s1. The number of nitrogens with one attached hydrogen (secondary N) is 2. The van der Waals surface area contributed by atoms with Crippen LogP contribution in [0.2, 0.25) is 0 Å². The van der Waals surface area contributed by atoms with Crippen molar-refractivity contribution in [3.63, 3.8) is 0 Å².